The Bertz CT molecular complexity index is 547. The van der Waals surface area contributed by atoms with Crippen molar-refractivity contribution < 1.29 is 14.5 Å². The minimum Gasteiger partial charge on any atom is -0.482 e. The summed E-state index contributed by atoms with van der Waals surface area (Å²) in [4.78, 5) is 22.4. The molecular formula is C14H19N3O4. The molecule has 3 N–H and O–H groups in total. The molecule has 0 aromatic heterocycles. The van der Waals surface area contributed by atoms with Gasteiger partial charge in [-0.3, -0.25) is 14.9 Å². The molecule has 0 saturated heterocycles. The molecule has 1 saturated carbocycles. The number of amides is 1. The van der Waals surface area contributed by atoms with Crippen LogP contribution in [0.5, 0.6) is 5.75 Å². The minimum absolute atomic E-state index is 0.104. The zero-order valence-electron chi connectivity index (χ0n) is 11.9. The van der Waals surface area contributed by atoms with Crippen LogP contribution >= 0.6 is 0 Å². The number of nitro groups is 1. The van der Waals surface area contributed by atoms with Gasteiger partial charge in [0.2, 0.25) is 0 Å². The number of benzene rings is 1. The molecule has 1 fully saturated rings. The largest absolute Gasteiger partial charge is 0.482 e. The predicted octanol–water partition coefficient (Wildman–Crippen LogP) is 1.60. The lowest BCUT2D eigenvalue weighted by molar-refractivity contribution is -0.386. The van der Waals surface area contributed by atoms with Gasteiger partial charge in [0.1, 0.15) is 6.10 Å². The molecule has 21 heavy (non-hydrogen) atoms. The molecular weight excluding hydrogens is 274 g/mol. The van der Waals surface area contributed by atoms with Crippen molar-refractivity contribution in [3.05, 3.63) is 33.9 Å². The van der Waals surface area contributed by atoms with Gasteiger partial charge in [0.25, 0.3) is 5.91 Å². The highest BCUT2D eigenvalue weighted by Gasteiger charge is 2.28. The van der Waals surface area contributed by atoms with Gasteiger partial charge >= 0.3 is 5.69 Å². The number of rotatable bonds is 5. The van der Waals surface area contributed by atoms with Crippen LogP contribution in [0.3, 0.4) is 0 Å². The van der Waals surface area contributed by atoms with Crippen LogP contribution in [0.15, 0.2) is 18.2 Å². The first-order valence-corrected chi connectivity index (χ1v) is 7.01. The van der Waals surface area contributed by atoms with Crippen molar-refractivity contribution in [2.24, 2.45) is 5.73 Å². The lowest BCUT2D eigenvalue weighted by Crippen LogP contribution is -2.33. The molecule has 1 aromatic rings. The first kappa shape index (κ1) is 15.2. The summed E-state index contributed by atoms with van der Waals surface area (Å²) >= 11 is 0. The fourth-order valence-electron chi connectivity index (χ4n) is 2.43. The Morgan fingerprint density at radius 2 is 2.29 bits per heavy atom. The van der Waals surface area contributed by atoms with Crippen LogP contribution in [0.4, 0.5) is 5.69 Å². The number of ether oxygens (including phenoxy) is 1. The lowest BCUT2D eigenvalue weighted by atomic mass is 10.1. The topological polar surface area (TPSA) is 107 Å². The van der Waals surface area contributed by atoms with Crippen LogP contribution in [0.2, 0.25) is 0 Å². The molecule has 0 bridgehead atoms. The van der Waals surface area contributed by atoms with E-state index in [1.807, 2.05) is 0 Å². The Kier molecular flexibility index (Phi) is 4.74. The Labute approximate surface area is 122 Å². The highest BCUT2D eigenvalue weighted by molar-refractivity contribution is 5.95. The number of hydrogen-bond acceptors (Lipinski definition) is 5. The molecule has 1 aliphatic carbocycles. The van der Waals surface area contributed by atoms with Gasteiger partial charge in [0, 0.05) is 24.2 Å². The van der Waals surface area contributed by atoms with E-state index in [1.165, 1.54) is 18.2 Å². The van der Waals surface area contributed by atoms with Crippen LogP contribution in [0.25, 0.3) is 0 Å². The first-order chi connectivity index (χ1) is 10.0. The third kappa shape index (κ3) is 3.49. The van der Waals surface area contributed by atoms with Gasteiger partial charge in [0.05, 0.1) is 4.92 Å². The summed E-state index contributed by atoms with van der Waals surface area (Å²) in [5.41, 5.74) is 5.94. The van der Waals surface area contributed by atoms with Crippen LogP contribution in [0.1, 0.15) is 36.5 Å². The number of hydrogen-bond donors (Lipinski definition) is 2. The lowest BCUT2D eigenvalue weighted by Gasteiger charge is -2.17. The van der Waals surface area contributed by atoms with E-state index in [9.17, 15) is 14.9 Å². The van der Waals surface area contributed by atoms with Crippen molar-refractivity contribution in [1.82, 2.24) is 5.32 Å². The van der Waals surface area contributed by atoms with Crippen LogP contribution in [-0.2, 0) is 0 Å². The summed E-state index contributed by atoms with van der Waals surface area (Å²) in [6.45, 7) is 2.24. The van der Waals surface area contributed by atoms with Crippen molar-refractivity contribution in [3.8, 4) is 5.75 Å². The second-order valence-corrected chi connectivity index (χ2v) is 5.05. The maximum atomic E-state index is 11.7. The molecule has 2 atom stereocenters. The summed E-state index contributed by atoms with van der Waals surface area (Å²) in [5, 5.41) is 13.8. The van der Waals surface area contributed by atoms with E-state index in [2.05, 4.69) is 5.32 Å². The van der Waals surface area contributed by atoms with Crippen molar-refractivity contribution in [1.29, 1.82) is 0 Å². The average Bonchev–Trinajstić information content (AvgIpc) is 2.84. The average molecular weight is 293 g/mol. The highest BCUT2D eigenvalue weighted by atomic mass is 16.6. The van der Waals surface area contributed by atoms with Crippen molar-refractivity contribution in [2.75, 3.05) is 6.54 Å². The van der Waals surface area contributed by atoms with Gasteiger partial charge in [0.15, 0.2) is 5.75 Å². The Morgan fingerprint density at radius 3 is 2.86 bits per heavy atom. The van der Waals surface area contributed by atoms with E-state index in [-0.39, 0.29) is 35.1 Å². The highest BCUT2D eigenvalue weighted by Crippen LogP contribution is 2.32. The van der Waals surface area contributed by atoms with Crippen LogP contribution < -0.4 is 15.8 Å². The number of carbonyl (C=O) groups is 1. The van der Waals surface area contributed by atoms with E-state index in [0.717, 1.165) is 19.3 Å². The third-order valence-corrected chi connectivity index (χ3v) is 3.54. The second kappa shape index (κ2) is 6.53. The summed E-state index contributed by atoms with van der Waals surface area (Å²) in [6, 6.07) is 4.12. The summed E-state index contributed by atoms with van der Waals surface area (Å²) < 4.78 is 5.68. The summed E-state index contributed by atoms with van der Waals surface area (Å²) in [5.74, 6) is -0.180. The standard InChI is InChI=1S/C14H19N3O4/c1-2-16-14(18)9-6-7-13(11(8-9)17(19)20)21-12-5-3-4-10(12)15/h6-8,10,12H,2-5,15H2,1H3,(H,16,18). The van der Waals surface area contributed by atoms with Gasteiger partial charge in [-0.25, -0.2) is 0 Å². The van der Waals surface area contributed by atoms with E-state index >= 15 is 0 Å². The molecule has 1 aromatic carbocycles. The van der Waals surface area contributed by atoms with Crippen LogP contribution in [0, 0.1) is 10.1 Å². The molecule has 114 valence electrons. The third-order valence-electron chi connectivity index (χ3n) is 3.54. The normalized spacial score (nSPS) is 21.0. The smallest absolute Gasteiger partial charge is 0.311 e. The Morgan fingerprint density at radius 1 is 1.52 bits per heavy atom. The number of nitrogens with two attached hydrogens (primary N) is 1. The molecule has 1 amide bonds. The van der Waals surface area contributed by atoms with Crippen molar-refractivity contribution in [3.63, 3.8) is 0 Å². The molecule has 2 unspecified atom stereocenters. The molecule has 7 heteroatoms. The van der Waals surface area contributed by atoms with Crippen molar-refractivity contribution in [2.45, 2.75) is 38.3 Å². The molecule has 0 spiro atoms. The number of nitrogens with zero attached hydrogens (tertiary/aromatic N) is 1. The Balaban J connectivity index is 2.24. The quantitative estimate of drug-likeness (QED) is 0.633. The number of carbonyl (C=O) groups excluding carboxylic acids is 1. The number of nitrogens with one attached hydrogen (secondary N) is 1. The SMILES string of the molecule is CCNC(=O)c1ccc(OC2CCCC2N)c([N+](=O)[O-])c1. The van der Waals surface area contributed by atoms with Gasteiger partial charge in [-0.05, 0) is 38.3 Å². The number of nitro benzene ring substituents is 1. The first-order valence-electron chi connectivity index (χ1n) is 7.01. The molecule has 1 aliphatic rings. The summed E-state index contributed by atoms with van der Waals surface area (Å²) in [7, 11) is 0. The minimum atomic E-state index is -0.543. The Hall–Kier alpha value is -2.15. The summed E-state index contributed by atoms with van der Waals surface area (Å²) in [6.07, 6.45) is 2.39. The van der Waals surface area contributed by atoms with Crippen LogP contribution in [-0.4, -0.2) is 29.5 Å². The van der Waals surface area contributed by atoms with E-state index in [4.69, 9.17) is 10.5 Å². The van der Waals surface area contributed by atoms with Gasteiger partial charge in [-0.2, -0.15) is 0 Å². The maximum Gasteiger partial charge on any atom is 0.311 e. The van der Waals surface area contributed by atoms with E-state index in [0.29, 0.717) is 6.54 Å². The van der Waals surface area contributed by atoms with Gasteiger partial charge < -0.3 is 15.8 Å². The maximum absolute atomic E-state index is 11.7. The monoisotopic (exact) mass is 293 g/mol. The zero-order chi connectivity index (χ0) is 15.4. The molecule has 0 aliphatic heterocycles. The van der Waals surface area contributed by atoms with E-state index in [1.54, 1.807) is 6.92 Å². The van der Waals surface area contributed by atoms with E-state index < -0.39 is 4.92 Å². The molecule has 2 rings (SSSR count). The second-order valence-electron chi connectivity index (χ2n) is 5.05. The van der Waals surface area contributed by atoms with Crippen molar-refractivity contribution >= 4 is 11.6 Å². The predicted molar refractivity (Wildman–Crippen MR) is 77.3 cm³/mol. The molecule has 7 nitrogen and oxygen atoms in total. The molecule has 0 radical (unpaired) electrons. The van der Waals surface area contributed by atoms with Gasteiger partial charge in [-0.1, -0.05) is 0 Å². The fraction of sp³-hybridized carbons (Fsp3) is 0.500. The zero-order valence-corrected chi connectivity index (χ0v) is 11.9. The van der Waals surface area contributed by atoms with Gasteiger partial charge in [-0.15, -0.1) is 0 Å². The fourth-order valence-corrected chi connectivity index (χ4v) is 2.43. The molecule has 0 heterocycles.